The van der Waals surface area contributed by atoms with E-state index in [1.165, 1.54) is 25.2 Å². The molecule has 23 heavy (non-hydrogen) atoms. The fourth-order valence-electron chi connectivity index (χ4n) is 1.62. The summed E-state index contributed by atoms with van der Waals surface area (Å²) in [5, 5.41) is 9.70. The standard InChI is InChI=1S/C15H19ClN4O3/c1-10(5-14(16)18-9-17)20(2)15(21)19-11-6-12(22-3)8-13(7-11)23-4/h5-9,17H,1-4H3,(H,19,21)/b10-5+,17-9?,18-14+. The lowest BCUT2D eigenvalue weighted by atomic mass is 10.2. The smallest absolute Gasteiger partial charge is 0.325 e. The Morgan fingerprint density at radius 1 is 1.30 bits per heavy atom. The van der Waals surface area contributed by atoms with Crippen LogP contribution in [-0.2, 0) is 0 Å². The molecule has 0 bridgehead atoms. The highest BCUT2D eigenvalue weighted by atomic mass is 35.5. The van der Waals surface area contributed by atoms with Gasteiger partial charge in [-0.3, -0.25) is 5.41 Å². The van der Waals surface area contributed by atoms with Gasteiger partial charge in [-0.15, -0.1) is 0 Å². The maximum atomic E-state index is 12.3. The molecule has 1 aromatic rings. The summed E-state index contributed by atoms with van der Waals surface area (Å²) in [5.41, 5.74) is 1.10. The average molecular weight is 339 g/mol. The molecule has 0 fully saturated rings. The molecule has 0 saturated heterocycles. The summed E-state index contributed by atoms with van der Waals surface area (Å²) in [7, 11) is 4.65. The number of urea groups is 1. The van der Waals surface area contributed by atoms with E-state index in [2.05, 4.69) is 10.3 Å². The second kappa shape index (κ2) is 8.79. The van der Waals surface area contributed by atoms with Crippen molar-refractivity contribution in [3.63, 3.8) is 0 Å². The minimum atomic E-state index is -0.367. The second-order valence-corrected chi connectivity index (χ2v) is 4.84. The van der Waals surface area contributed by atoms with Gasteiger partial charge in [-0.05, 0) is 13.0 Å². The van der Waals surface area contributed by atoms with Gasteiger partial charge in [0.25, 0.3) is 0 Å². The largest absolute Gasteiger partial charge is 0.497 e. The number of carbonyl (C=O) groups excluding carboxylic acids is 1. The van der Waals surface area contributed by atoms with Crippen LogP contribution in [-0.4, -0.2) is 43.7 Å². The zero-order valence-corrected chi connectivity index (χ0v) is 14.1. The van der Waals surface area contributed by atoms with Crippen LogP contribution in [0.4, 0.5) is 10.5 Å². The van der Waals surface area contributed by atoms with E-state index in [9.17, 15) is 4.79 Å². The molecular weight excluding hydrogens is 320 g/mol. The molecule has 1 aromatic carbocycles. The number of hydrogen-bond donors (Lipinski definition) is 2. The van der Waals surface area contributed by atoms with Crippen molar-refractivity contribution in [1.82, 2.24) is 4.90 Å². The van der Waals surface area contributed by atoms with Crippen LogP contribution in [0.3, 0.4) is 0 Å². The average Bonchev–Trinajstić information content (AvgIpc) is 2.53. The molecule has 2 N–H and O–H groups in total. The number of amides is 2. The van der Waals surface area contributed by atoms with Crippen molar-refractivity contribution in [2.24, 2.45) is 4.99 Å². The first-order chi connectivity index (χ1) is 10.9. The van der Waals surface area contributed by atoms with Crippen molar-refractivity contribution < 1.29 is 14.3 Å². The number of anilines is 1. The van der Waals surface area contributed by atoms with Crippen molar-refractivity contribution in [2.45, 2.75) is 6.92 Å². The molecular formula is C15H19ClN4O3. The van der Waals surface area contributed by atoms with E-state index >= 15 is 0 Å². The van der Waals surface area contributed by atoms with Gasteiger partial charge in [0.2, 0.25) is 0 Å². The number of nitrogens with one attached hydrogen (secondary N) is 2. The zero-order valence-electron chi connectivity index (χ0n) is 13.4. The molecule has 0 saturated carbocycles. The number of hydrogen-bond acceptors (Lipinski definition) is 4. The SMILES string of the molecule is COc1cc(NC(=O)N(C)/C(C)=C/C(Cl)=N\C=N)cc(OC)c1. The summed E-state index contributed by atoms with van der Waals surface area (Å²) in [6.45, 7) is 1.70. The van der Waals surface area contributed by atoms with Gasteiger partial charge < -0.3 is 19.7 Å². The molecule has 0 aliphatic rings. The first-order valence-electron chi connectivity index (χ1n) is 6.59. The van der Waals surface area contributed by atoms with E-state index in [0.29, 0.717) is 22.9 Å². The predicted molar refractivity (Wildman–Crippen MR) is 92.2 cm³/mol. The molecule has 8 heteroatoms. The van der Waals surface area contributed by atoms with Crippen molar-refractivity contribution in [3.05, 3.63) is 30.0 Å². The van der Waals surface area contributed by atoms with Gasteiger partial charge >= 0.3 is 6.03 Å². The van der Waals surface area contributed by atoms with E-state index in [4.69, 9.17) is 26.5 Å². The third-order valence-corrected chi connectivity index (χ3v) is 3.16. The van der Waals surface area contributed by atoms with E-state index in [-0.39, 0.29) is 11.2 Å². The monoisotopic (exact) mass is 338 g/mol. The van der Waals surface area contributed by atoms with Crippen LogP contribution in [0.1, 0.15) is 6.92 Å². The minimum Gasteiger partial charge on any atom is -0.497 e. The molecule has 0 unspecified atom stereocenters. The highest BCUT2D eigenvalue weighted by Crippen LogP contribution is 2.26. The fourth-order valence-corrected chi connectivity index (χ4v) is 1.82. The number of benzene rings is 1. The first kappa shape index (κ1) is 18.5. The molecule has 0 atom stereocenters. The van der Waals surface area contributed by atoms with Crippen LogP contribution in [0.15, 0.2) is 35.0 Å². The number of carbonyl (C=O) groups is 1. The van der Waals surface area contributed by atoms with Crippen LogP contribution in [0.5, 0.6) is 11.5 Å². The number of allylic oxidation sites excluding steroid dienone is 2. The van der Waals surface area contributed by atoms with Crippen molar-refractivity contribution in [3.8, 4) is 11.5 Å². The van der Waals surface area contributed by atoms with Gasteiger partial charge in [0.1, 0.15) is 23.0 Å². The Labute approximate surface area is 140 Å². The topological polar surface area (TPSA) is 87.0 Å². The Balaban J connectivity index is 2.90. The maximum absolute atomic E-state index is 12.3. The van der Waals surface area contributed by atoms with Crippen LogP contribution >= 0.6 is 11.6 Å². The molecule has 124 valence electrons. The van der Waals surface area contributed by atoms with Gasteiger partial charge in [0, 0.05) is 36.6 Å². The van der Waals surface area contributed by atoms with Crippen LogP contribution < -0.4 is 14.8 Å². The normalized spacial score (nSPS) is 11.7. The lowest BCUT2D eigenvalue weighted by Crippen LogP contribution is -2.30. The Morgan fingerprint density at radius 2 is 1.87 bits per heavy atom. The molecule has 0 aliphatic heterocycles. The fraction of sp³-hybridized carbons (Fsp3) is 0.267. The summed E-state index contributed by atoms with van der Waals surface area (Å²) in [5.74, 6) is 1.13. The van der Waals surface area contributed by atoms with E-state index in [1.54, 1.807) is 32.2 Å². The van der Waals surface area contributed by atoms with Gasteiger partial charge in [-0.25, -0.2) is 9.79 Å². The Kier molecular flexibility index (Phi) is 7.08. The molecule has 0 radical (unpaired) electrons. The summed E-state index contributed by atoms with van der Waals surface area (Å²) < 4.78 is 10.3. The van der Waals surface area contributed by atoms with Crippen molar-refractivity contribution in [2.75, 3.05) is 26.6 Å². The second-order valence-electron chi connectivity index (χ2n) is 4.46. The highest BCUT2D eigenvalue weighted by Gasteiger charge is 2.12. The van der Waals surface area contributed by atoms with Gasteiger partial charge in [0.15, 0.2) is 0 Å². The van der Waals surface area contributed by atoms with E-state index < -0.39 is 0 Å². The number of ether oxygens (including phenoxy) is 2. The molecule has 0 aromatic heterocycles. The molecule has 0 aliphatic carbocycles. The van der Waals surface area contributed by atoms with Crippen LogP contribution in [0, 0.1) is 5.41 Å². The third kappa shape index (κ3) is 5.63. The van der Waals surface area contributed by atoms with Crippen molar-refractivity contribution in [1.29, 1.82) is 5.41 Å². The van der Waals surface area contributed by atoms with Crippen LogP contribution in [0.2, 0.25) is 0 Å². The number of aliphatic imine (C=N–C) groups is 1. The molecule has 2 amide bonds. The Bertz CT molecular complexity index is 621. The lowest BCUT2D eigenvalue weighted by molar-refractivity contribution is 0.232. The summed E-state index contributed by atoms with van der Waals surface area (Å²) >= 11 is 5.79. The van der Waals surface area contributed by atoms with Gasteiger partial charge in [-0.2, -0.15) is 0 Å². The number of rotatable bonds is 6. The summed E-state index contributed by atoms with van der Waals surface area (Å²) in [6.07, 6.45) is 2.31. The molecule has 0 heterocycles. The summed E-state index contributed by atoms with van der Waals surface area (Å²) in [4.78, 5) is 17.2. The third-order valence-electron chi connectivity index (χ3n) is 2.95. The quantitative estimate of drug-likeness (QED) is 0.616. The van der Waals surface area contributed by atoms with Crippen molar-refractivity contribution >= 4 is 34.8 Å². The maximum Gasteiger partial charge on any atom is 0.325 e. The minimum absolute atomic E-state index is 0.111. The summed E-state index contributed by atoms with van der Waals surface area (Å²) in [6, 6.07) is 4.69. The molecule has 7 nitrogen and oxygen atoms in total. The predicted octanol–water partition coefficient (Wildman–Crippen LogP) is 3.32. The number of halogens is 1. The molecule has 1 rings (SSSR count). The van der Waals surface area contributed by atoms with Gasteiger partial charge in [-0.1, -0.05) is 11.6 Å². The van der Waals surface area contributed by atoms with Gasteiger partial charge in [0.05, 0.1) is 14.2 Å². The van der Waals surface area contributed by atoms with Crippen LogP contribution in [0.25, 0.3) is 0 Å². The first-order valence-corrected chi connectivity index (χ1v) is 6.97. The van der Waals surface area contributed by atoms with E-state index in [1.807, 2.05) is 0 Å². The zero-order chi connectivity index (χ0) is 17.4. The molecule has 0 spiro atoms. The number of nitrogens with zero attached hydrogens (tertiary/aromatic N) is 2. The lowest BCUT2D eigenvalue weighted by Gasteiger charge is -2.19. The Morgan fingerprint density at radius 3 is 2.35 bits per heavy atom. The van der Waals surface area contributed by atoms with E-state index in [0.717, 1.165) is 6.34 Å². The number of methoxy groups -OCH3 is 2. The Hall–Kier alpha value is -2.54. The highest BCUT2D eigenvalue weighted by molar-refractivity contribution is 6.69.